The van der Waals surface area contributed by atoms with Gasteiger partial charge in [-0.25, -0.2) is 0 Å². The third kappa shape index (κ3) is 0.999. The van der Waals surface area contributed by atoms with Crippen LogP contribution in [-0.4, -0.2) is 10.2 Å². The highest BCUT2D eigenvalue weighted by atomic mass is 79.9. The number of halogens is 1. The van der Waals surface area contributed by atoms with Crippen LogP contribution < -0.4 is 0 Å². The van der Waals surface area contributed by atoms with E-state index in [2.05, 4.69) is 31.3 Å². The Morgan fingerprint density at radius 2 is 2.44 bits per heavy atom. The first-order valence-electron chi connectivity index (χ1n) is 2.29. The Labute approximate surface area is 59.8 Å². The van der Waals surface area contributed by atoms with Crippen molar-refractivity contribution in [2.75, 3.05) is 0 Å². The highest BCUT2D eigenvalue weighted by molar-refractivity contribution is 9.10. The van der Waals surface area contributed by atoms with E-state index in [-0.39, 0.29) is 5.82 Å². The van der Waals surface area contributed by atoms with Crippen LogP contribution >= 0.6 is 15.9 Å². The molecule has 5 heteroatoms. The number of aromatic amines is 1. The SMILES string of the molecule is Cc1c(N=O)n[nH]c1Br. The van der Waals surface area contributed by atoms with Gasteiger partial charge in [-0.2, -0.15) is 5.10 Å². The van der Waals surface area contributed by atoms with Crippen LogP contribution in [-0.2, 0) is 0 Å². The summed E-state index contributed by atoms with van der Waals surface area (Å²) in [5.41, 5.74) is 0.741. The lowest BCUT2D eigenvalue weighted by Gasteiger charge is -1.79. The minimum atomic E-state index is 0.210. The van der Waals surface area contributed by atoms with Crippen molar-refractivity contribution in [2.24, 2.45) is 5.18 Å². The summed E-state index contributed by atoms with van der Waals surface area (Å²) in [7, 11) is 0. The van der Waals surface area contributed by atoms with Gasteiger partial charge in [-0.15, -0.1) is 4.91 Å². The Morgan fingerprint density at radius 1 is 1.78 bits per heavy atom. The average Bonchev–Trinajstić information content (AvgIpc) is 2.15. The molecule has 0 aliphatic heterocycles. The summed E-state index contributed by atoms with van der Waals surface area (Å²) < 4.78 is 0.706. The molecule has 1 aromatic rings. The molecule has 0 aliphatic carbocycles. The molecule has 0 amide bonds. The fourth-order valence-electron chi connectivity index (χ4n) is 0.457. The first-order valence-corrected chi connectivity index (χ1v) is 3.09. The second kappa shape index (κ2) is 2.26. The van der Waals surface area contributed by atoms with Gasteiger partial charge < -0.3 is 0 Å². The maximum atomic E-state index is 9.89. The minimum absolute atomic E-state index is 0.210. The molecule has 0 atom stereocenters. The summed E-state index contributed by atoms with van der Waals surface area (Å²) in [4.78, 5) is 9.89. The Morgan fingerprint density at radius 3 is 2.67 bits per heavy atom. The zero-order valence-electron chi connectivity index (χ0n) is 4.68. The fraction of sp³-hybridized carbons (Fsp3) is 0.250. The van der Waals surface area contributed by atoms with Crippen LogP contribution in [0.5, 0.6) is 0 Å². The number of aromatic nitrogens is 2. The van der Waals surface area contributed by atoms with Crippen molar-refractivity contribution < 1.29 is 0 Å². The van der Waals surface area contributed by atoms with Crippen LogP contribution in [0, 0.1) is 11.8 Å². The molecule has 1 heterocycles. The van der Waals surface area contributed by atoms with Crippen LogP contribution in [0.25, 0.3) is 0 Å². The zero-order valence-corrected chi connectivity index (χ0v) is 6.27. The van der Waals surface area contributed by atoms with Gasteiger partial charge in [0.2, 0.25) is 5.82 Å². The molecule has 0 saturated heterocycles. The van der Waals surface area contributed by atoms with Gasteiger partial charge in [0.1, 0.15) is 4.60 Å². The minimum Gasteiger partial charge on any atom is -0.269 e. The van der Waals surface area contributed by atoms with Gasteiger partial charge in [0.05, 0.1) is 0 Å². The molecule has 0 unspecified atom stereocenters. The monoisotopic (exact) mass is 189 g/mol. The van der Waals surface area contributed by atoms with E-state index in [0.29, 0.717) is 4.60 Å². The zero-order chi connectivity index (χ0) is 6.85. The standard InChI is InChI=1S/C4H4BrN3O/c1-2-3(5)6-7-4(2)8-9/h1H3,(H,6,7). The van der Waals surface area contributed by atoms with Crippen LogP contribution in [0.3, 0.4) is 0 Å². The van der Waals surface area contributed by atoms with Gasteiger partial charge in [0.25, 0.3) is 0 Å². The fourth-order valence-corrected chi connectivity index (χ4v) is 0.723. The Hall–Kier alpha value is -0.710. The van der Waals surface area contributed by atoms with Crippen molar-refractivity contribution in [2.45, 2.75) is 6.92 Å². The van der Waals surface area contributed by atoms with Gasteiger partial charge in [0.15, 0.2) is 0 Å². The Kier molecular flexibility index (Phi) is 1.61. The molecule has 0 aliphatic rings. The topological polar surface area (TPSA) is 58.1 Å². The van der Waals surface area contributed by atoms with E-state index < -0.39 is 0 Å². The lowest BCUT2D eigenvalue weighted by molar-refractivity contribution is 1.06. The summed E-state index contributed by atoms with van der Waals surface area (Å²) in [6.45, 7) is 1.75. The average molecular weight is 190 g/mol. The van der Waals surface area contributed by atoms with Gasteiger partial charge >= 0.3 is 0 Å². The van der Waals surface area contributed by atoms with Crippen molar-refractivity contribution in [1.29, 1.82) is 0 Å². The number of nitroso groups, excluding NO2 is 1. The van der Waals surface area contributed by atoms with Crippen LogP contribution in [0.15, 0.2) is 9.78 Å². The summed E-state index contributed by atoms with van der Waals surface area (Å²) in [5, 5.41) is 8.81. The third-order valence-electron chi connectivity index (χ3n) is 1.01. The predicted octanol–water partition coefficient (Wildman–Crippen LogP) is 1.88. The number of nitrogens with one attached hydrogen (secondary N) is 1. The summed E-state index contributed by atoms with van der Waals surface area (Å²) in [5.74, 6) is 0.210. The molecule has 0 saturated carbocycles. The molecular weight excluding hydrogens is 186 g/mol. The van der Waals surface area contributed by atoms with Gasteiger partial charge in [-0.05, 0) is 28.0 Å². The number of rotatable bonds is 1. The number of nitrogens with zero attached hydrogens (tertiary/aromatic N) is 2. The Bertz CT molecular complexity index is 232. The second-order valence-corrected chi connectivity index (χ2v) is 2.37. The quantitative estimate of drug-likeness (QED) is 0.687. The first-order chi connectivity index (χ1) is 4.25. The van der Waals surface area contributed by atoms with E-state index in [4.69, 9.17) is 0 Å². The largest absolute Gasteiger partial charge is 0.269 e. The van der Waals surface area contributed by atoms with Crippen molar-refractivity contribution >= 4 is 21.7 Å². The molecule has 0 spiro atoms. The molecule has 1 rings (SSSR count). The smallest absolute Gasteiger partial charge is 0.221 e. The highest BCUT2D eigenvalue weighted by Crippen LogP contribution is 2.21. The lowest BCUT2D eigenvalue weighted by Crippen LogP contribution is -1.63. The van der Waals surface area contributed by atoms with E-state index in [9.17, 15) is 4.91 Å². The summed E-state index contributed by atoms with van der Waals surface area (Å²) in [6, 6.07) is 0. The third-order valence-corrected chi connectivity index (χ3v) is 1.78. The second-order valence-electron chi connectivity index (χ2n) is 1.58. The molecule has 48 valence electrons. The molecule has 4 nitrogen and oxygen atoms in total. The number of H-pyrrole nitrogens is 1. The van der Waals surface area contributed by atoms with E-state index in [1.54, 1.807) is 6.92 Å². The van der Waals surface area contributed by atoms with E-state index >= 15 is 0 Å². The molecule has 0 aromatic carbocycles. The maximum absolute atomic E-state index is 9.89. The van der Waals surface area contributed by atoms with Crippen LogP contribution in [0.4, 0.5) is 5.82 Å². The van der Waals surface area contributed by atoms with Crippen LogP contribution in [0.1, 0.15) is 5.56 Å². The van der Waals surface area contributed by atoms with Crippen LogP contribution in [0.2, 0.25) is 0 Å². The van der Waals surface area contributed by atoms with E-state index in [0.717, 1.165) is 5.56 Å². The van der Waals surface area contributed by atoms with Crippen molar-refractivity contribution in [1.82, 2.24) is 10.2 Å². The molecule has 1 N–H and O–H groups in total. The molecule has 1 aromatic heterocycles. The lowest BCUT2D eigenvalue weighted by atomic mass is 10.4. The summed E-state index contributed by atoms with van der Waals surface area (Å²) in [6.07, 6.45) is 0. The van der Waals surface area contributed by atoms with Gasteiger partial charge in [-0.3, -0.25) is 5.10 Å². The Balaban J connectivity index is 3.18. The van der Waals surface area contributed by atoms with Gasteiger partial charge in [-0.1, -0.05) is 0 Å². The van der Waals surface area contributed by atoms with E-state index in [1.165, 1.54) is 0 Å². The number of hydrogen-bond acceptors (Lipinski definition) is 3. The highest BCUT2D eigenvalue weighted by Gasteiger charge is 2.04. The molecule has 0 bridgehead atoms. The molecule has 0 radical (unpaired) electrons. The molecular formula is C4H4BrN3O. The normalized spacial score (nSPS) is 9.56. The molecule has 9 heavy (non-hydrogen) atoms. The van der Waals surface area contributed by atoms with E-state index in [1.807, 2.05) is 0 Å². The molecule has 0 fully saturated rings. The van der Waals surface area contributed by atoms with Crippen molar-refractivity contribution in [3.63, 3.8) is 0 Å². The maximum Gasteiger partial charge on any atom is 0.221 e. The predicted molar refractivity (Wildman–Crippen MR) is 36.5 cm³/mol. The van der Waals surface area contributed by atoms with Crippen molar-refractivity contribution in [3.05, 3.63) is 15.1 Å². The first kappa shape index (κ1) is 6.41. The van der Waals surface area contributed by atoms with Crippen molar-refractivity contribution in [3.8, 4) is 0 Å². The number of hydrogen-bond donors (Lipinski definition) is 1. The van der Waals surface area contributed by atoms with Gasteiger partial charge in [0, 0.05) is 5.56 Å². The summed E-state index contributed by atoms with van der Waals surface area (Å²) >= 11 is 3.14.